The molecular weight excluding hydrogens is 341 g/mol. The normalized spacial score (nSPS) is 11.7. The molecule has 1 unspecified atom stereocenters. The summed E-state index contributed by atoms with van der Waals surface area (Å²) in [5.74, 6) is -0.815. The maximum absolute atomic E-state index is 11.7. The lowest BCUT2D eigenvalue weighted by atomic mass is 10.3. The summed E-state index contributed by atoms with van der Waals surface area (Å²) in [6.45, 7) is 1.12. The molecule has 0 aliphatic carbocycles. The van der Waals surface area contributed by atoms with Gasteiger partial charge in [-0.05, 0) is 13.0 Å². The van der Waals surface area contributed by atoms with E-state index in [4.69, 9.17) is 44.3 Å². The average Bonchev–Trinajstić information content (AvgIpc) is 2.41. The van der Waals surface area contributed by atoms with Gasteiger partial charge in [0.2, 0.25) is 0 Å². The highest BCUT2D eigenvalue weighted by Crippen LogP contribution is 2.34. The molecule has 0 saturated carbocycles. The number of hydrogen-bond acceptors (Lipinski definition) is 4. The smallest absolute Gasteiger partial charge is 0.347 e. The average molecular weight is 355 g/mol. The second kappa shape index (κ2) is 7.73. The molecule has 0 radical (unpaired) electrons. The van der Waals surface area contributed by atoms with Crippen molar-refractivity contribution in [1.82, 2.24) is 4.90 Å². The van der Waals surface area contributed by atoms with E-state index in [-0.39, 0.29) is 33.3 Å². The molecule has 0 saturated heterocycles. The van der Waals surface area contributed by atoms with Crippen LogP contribution in [0.5, 0.6) is 5.75 Å². The van der Waals surface area contributed by atoms with Gasteiger partial charge in [-0.15, -0.1) is 0 Å². The Morgan fingerprint density at radius 2 is 1.71 bits per heavy atom. The first-order valence-corrected chi connectivity index (χ1v) is 7.03. The van der Waals surface area contributed by atoms with Gasteiger partial charge in [0.25, 0.3) is 5.91 Å². The Bertz CT molecular complexity index is 548. The van der Waals surface area contributed by atoms with Gasteiger partial charge in [0.15, 0.2) is 12.7 Å². The number of esters is 1. The number of ether oxygens (including phenoxy) is 2. The summed E-state index contributed by atoms with van der Waals surface area (Å²) in [6.07, 6.45) is -0.949. The molecule has 1 atom stereocenters. The standard InChI is InChI=1S/C13H14Cl3NO4/c1-7(13(19)20-6-12(18)17(2)3)21-11-5-9(15)8(14)4-10(11)16/h4-5,7H,6H2,1-3H3. The molecule has 1 amide bonds. The molecule has 0 spiro atoms. The lowest BCUT2D eigenvalue weighted by molar-refractivity contribution is -0.156. The number of nitrogens with zero attached hydrogens (tertiary/aromatic N) is 1. The van der Waals surface area contributed by atoms with Crippen molar-refractivity contribution in [2.45, 2.75) is 13.0 Å². The molecule has 0 aromatic heterocycles. The molecule has 116 valence electrons. The van der Waals surface area contributed by atoms with E-state index in [0.29, 0.717) is 0 Å². The highest BCUT2D eigenvalue weighted by molar-refractivity contribution is 6.43. The highest BCUT2D eigenvalue weighted by atomic mass is 35.5. The van der Waals surface area contributed by atoms with Crippen molar-refractivity contribution in [3.05, 3.63) is 27.2 Å². The number of rotatable bonds is 5. The largest absolute Gasteiger partial charge is 0.477 e. The Morgan fingerprint density at radius 3 is 2.29 bits per heavy atom. The Labute approximate surface area is 137 Å². The Morgan fingerprint density at radius 1 is 1.14 bits per heavy atom. The van der Waals surface area contributed by atoms with Crippen molar-refractivity contribution in [3.8, 4) is 5.75 Å². The number of hydrogen-bond donors (Lipinski definition) is 0. The predicted molar refractivity (Wildman–Crippen MR) is 81.2 cm³/mol. The summed E-state index contributed by atoms with van der Waals surface area (Å²) in [5.41, 5.74) is 0. The van der Waals surface area contributed by atoms with Crippen LogP contribution in [0.4, 0.5) is 0 Å². The first kappa shape index (κ1) is 17.9. The fraction of sp³-hybridized carbons (Fsp3) is 0.385. The third-order valence-corrected chi connectivity index (χ3v) is 3.46. The molecule has 0 aliphatic heterocycles. The minimum absolute atomic E-state index is 0.203. The van der Waals surface area contributed by atoms with Crippen LogP contribution in [0.25, 0.3) is 0 Å². The van der Waals surface area contributed by atoms with Crippen LogP contribution in [0.15, 0.2) is 12.1 Å². The van der Waals surface area contributed by atoms with E-state index in [1.807, 2.05) is 0 Å². The number of benzene rings is 1. The van der Waals surface area contributed by atoms with Gasteiger partial charge in [-0.1, -0.05) is 34.8 Å². The van der Waals surface area contributed by atoms with Gasteiger partial charge in [-0.3, -0.25) is 4.79 Å². The summed E-state index contributed by atoms with van der Waals surface area (Å²) < 4.78 is 10.2. The summed E-state index contributed by atoms with van der Waals surface area (Å²) >= 11 is 17.6. The van der Waals surface area contributed by atoms with Crippen molar-refractivity contribution >= 4 is 46.7 Å². The van der Waals surface area contributed by atoms with Crippen LogP contribution in [0, 0.1) is 0 Å². The molecule has 1 rings (SSSR count). The van der Waals surface area contributed by atoms with Gasteiger partial charge in [-0.25, -0.2) is 4.79 Å². The van der Waals surface area contributed by atoms with Crippen LogP contribution in [-0.4, -0.2) is 43.6 Å². The van der Waals surface area contributed by atoms with Gasteiger partial charge >= 0.3 is 5.97 Å². The van der Waals surface area contributed by atoms with E-state index in [9.17, 15) is 9.59 Å². The summed E-state index contributed by atoms with van der Waals surface area (Å²) in [4.78, 5) is 24.4. The fourth-order valence-corrected chi connectivity index (χ4v) is 1.79. The molecule has 0 bridgehead atoms. The molecule has 0 aliphatic rings. The summed E-state index contributed by atoms with van der Waals surface area (Å²) in [7, 11) is 3.12. The van der Waals surface area contributed by atoms with Gasteiger partial charge in [0, 0.05) is 20.2 Å². The van der Waals surface area contributed by atoms with Crippen molar-refractivity contribution in [2.75, 3.05) is 20.7 Å². The van der Waals surface area contributed by atoms with Crippen LogP contribution in [0.2, 0.25) is 15.1 Å². The van der Waals surface area contributed by atoms with Crippen LogP contribution in [-0.2, 0) is 14.3 Å². The second-order valence-corrected chi connectivity index (χ2v) is 5.57. The zero-order valence-electron chi connectivity index (χ0n) is 11.7. The van der Waals surface area contributed by atoms with E-state index in [1.54, 1.807) is 14.1 Å². The van der Waals surface area contributed by atoms with Crippen LogP contribution in [0.1, 0.15) is 6.92 Å². The van der Waals surface area contributed by atoms with Crippen LogP contribution in [0.3, 0.4) is 0 Å². The van der Waals surface area contributed by atoms with Crippen molar-refractivity contribution in [2.24, 2.45) is 0 Å². The van der Waals surface area contributed by atoms with Gasteiger partial charge in [-0.2, -0.15) is 0 Å². The zero-order valence-corrected chi connectivity index (χ0v) is 13.9. The van der Waals surface area contributed by atoms with Crippen LogP contribution < -0.4 is 4.74 Å². The maximum Gasteiger partial charge on any atom is 0.347 e. The Hall–Kier alpha value is -1.17. The van der Waals surface area contributed by atoms with E-state index in [0.717, 1.165) is 0 Å². The first-order valence-electron chi connectivity index (χ1n) is 5.90. The molecule has 0 heterocycles. The molecule has 21 heavy (non-hydrogen) atoms. The molecule has 1 aromatic rings. The van der Waals surface area contributed by atoms with Gasteiger partial charge in [0.1, 0.15) is 5.75 Å². The third-order valence-electron chi connectivity index (χ3n) is 2.45. The van der Waals surface area contributed by atoms with Crippen molar-refractivity contribution in [3.63, 3.8) is 0 Å². The third kappa shape index (κ3) is 5.26. The van der Waals surface area contributed by atoms with E-state index in [1.165, 1.54) is 24.0 Å². The minimum atomic E-state index is -0.949. The van der Waals surface area contributed by atoms with Crippen LogP contribution >= 0.6 is 34.8 Å². The maximum atomic E-state index is 11.7. The zero-order chi connectivity index (χ0) is 16.2. The lowest BCUT2D eigenvalue weighted by Gasteiger charge is -2.16. The lowest BCUT2D eigenvalue weighted by Crippen LogP contribution is -2.32. The molecule has 8 heteroatoms. The number of likely N-dealkylation sites (N-methyl/N-ethyl adjacent to an activating group) is 1. The van der Waals surface area contributed by atoms with Gasteiger partial charge < -0.3 is 14.4 Å². The summed E-state index contributed by atoms with van der Waals surface area (Å²) in [5, 5.41) is 0.744. The van der Waals surface area contributed by atoms with Crippen molar-refractivity contribution in [1.29, 1.82) is 0 Å². The number of halogens is 3. The molecule has 5 nitrogen and oxygen atoms in total. The predicted octanol–water partition coefficient (Wildman–Crippen LogP) is 3.05. The second-order valence-electron chi connectivity index (χ2n) is 4.35. The summed E-state index contributed by atoms with van der Waals surface area (Å²) in [6, 6.07) is 2.81. The molecule has 0 fully saturated rings. The molecular formula is C13H14Cl3NO4. The van der Waals surface area contributed by atoms with Crippen molar-refractivity contribution < 1.29 is 19.1 Å². The monoisotopic (exact) mass is 353 g/mol. The van der Waals surface area contributed by atoms with Gasteiger partial charge in [0.05, 0.1) is 15.1 Å². The number of amides is 1. The highest BCUT2D eigenvalue weighted by Gasteiger charge is 2.20. The first-order chi connectivity index (χ1) is 9.72. The molecule has 1 aromatic carbocycles. The van der Waals surface area contributed by atoms with E-state index >= 15 is 0 Å². The minimum Gasteiger partial charge on any atom is -0.477 e. The number of carbonyl (C=O) groups excluding carboxylic acids is 2. The Balaban J connectivity index is 2.64. The Kier molecular flexibility index (Phi) is 6.58. The quantitative estimate of drug-likeness (QED) is 0.602. The SMILES string of the molecule is CC(Oc1cc(Cl)c(Cl)cc1Cl)C(=O)OCC(=O)N(C)C. The fourth-order valence-electron chi connectivity index (χ4n) is 1.21. The number of carbonyl (C=O) groups is 2. The van der Waals surface area contributed by atoms with E-state index in [2.05, 4.69) is 0 Å². The van der Waals surface area contributed by atoms with E-state index < -0.39 is 12.1 Å². The topological polar surface area (TPSA) is 55.8 Å². The molecule has 0 N–H and O–H groups in total.